The Morgan fingerprint density at radius 1 is 1.17 bits per heavy atom. The van der Waals surface area contributed by atoms with Crippen molar-refractivity contribution in [2.75, 3.05) is 26.2 Å². The molecule has 1 aliphatic rings. The Morgan fingerprint density at radius 2 is 1.83 bits per heavy atom. The number of benzene rings is 1. The molecule has 1 saturated heterocycles. The monoisotopic (exact) mass is 433 g/mol. The van der Waals surface area contributed by atoms with Crippen LogP contribution in [0.1, 0.15) is 39.8 Å². The molecule has 2 aromatic rings. The summed E-state index contributed by atoms with van der Waals surface area (Å²) in [6.07, 6.45) is 2.46. The fourth-order valence-corrected chi connectivity index (χ4v) is 5.61. The van der Waals surface area contributed by atoms with Crippen molar-refractivity contribution >= 4 is 33.3 Å². The molecule has 0 radical (unpaired) electrons. The molecule has 0 aliphatic carbocycles. The lowest BCUT2D eigenvalue weighted by Crippen LogP contribution is -2.50. The number of aryl methyl sites for hydroxylation is 1. The van der Waals surface area contributed by atoms with Crippen LogP contribution in [0.2, 0.25) is 0 Å². The van der Waals surface area contributed by atoms with Gasteiger partial charge in [0.15, 0.2) is 0 Å². The largest absolute Gasteiger partial charge is 0.335 e. The highest BCUT2D eigenvalue weighted by Crippen LogP contribution is 2.23. The van der Waals surface area contributed by atoms with E-state index < -0.39 is 10.0 Å². The van der Waals surface area contributed by atoms with Gasteiger partial charge < -0.3 is 4.90 Å². The third-order valence-corrected chi connectivity index (χ3v) is 7.47. The molecule has 1 aliphatic heterocycles. The highest BCUT2D eigenvalue weighted by Gasteiger charge is 2.29. The van der Waals surface area contributed by atoms with Crippen LogP contribution in [-0.2, 0) is 16.4 Å². The number of carbonyl (C=O) groups is 1. The van der Waals surface area contributed by atoms with E-state index in [0.717, 1.165) is 22.7 Å². The molecule has 0 bridgehead atoms. The minimum atomic E-state index is -3.51. The maximum Gasteiger partial charge on any atom is 0.265 e. The Hall–Kier alpha value is -2.03. The number of piperazine rings is 1. The lowest BCUT2D eigenvalue weighted by molar-refractivity contribution is 0.0702. The zero-order chi connectivity index (χ0) is 21.0. The summed E-state index contributed by atoms with van der Waals surface area (Å²) in [6.45, 7) is 7.48. The van der Waals surface area contributed by atoms with Gasteiger partial charge in [-0.1, -0.05) is 44.2 Å². The number of sulfonamides is 1. The Labute approximate surface area is 176 Å². The Kier molecular flexibility index (Phi) is 6.87. The van der Waals surface area contributed by atoms with E-state index in [-0.39, 0.29) is 5.91 Å². The fourth-order valence-electron chi connectivity index (χ4n) is 3.19. The second-order valence-corrected chi connectivity index (χ2v) is 10.5. The number of hydrogen-bond acceptors (Lipinski definition) is 5. The van der Waals surface area contributed by atoms with E-state index in [1.165, 1.54) is 21.1 Å². The van der Waals surface area contributed by atoms with E-state index in [0.29, 0.717) is 37.0 Å². The van der Waals surface area contributed by atoms with E-state index in [9.17, 15) is 13.2 Å². The molecule has 0 spiro atoms. The number of hydrogen-bond donors (Lipinski definition) is 0. The lowest BCUT2D eigenvalue weighted by Gasteiger charge is -2.33. The summed E-state index contributed by atoms with van der Waals surface area (Å²) in [5, 5.41) is 2.22. The number of amides is 1. The van der Waals surface area contributed by atoms with Gasteiger partial charge in [-0.05, 0) is 24.5 Å². The van der Waals surface area contributed by atoms with Crippen LogP contribution >= 0.6 is 11.3 Å². The van der Waals surface area contributed by atoms with Crippen molar-refractivity contribution in [3.63, 3.8) is 0 Å². The van der Waals surface area contributed by atoms with Crippen molar-refractivity contribution in [1.29, 1.82) is 0 Å². The summed E-state index contributed by atoms with van der Waals surface area (Å²) in [6, 6.07) is 9.33. The van der Waals surface area contributed by atoms with Crippen LogP contribution in [0, 0.1) is 12.8 Å². The minimum absolute atomic E-state index is 0.0492. The van der Waals surface area contributed by atoms with Crippen LogP contribution in [0.3, 0.4) is 0 Å². The third-order valence-electron chi connectivity index (χ3n) is 4.74. The summed E-state index contributed by atoms with van der Waals surface area (Å²) in [5.74, 6) is 0.438. The van der Waals surface area contributed by atoms with Crippen molar-refractivity contribution in [1.82, 2.24) is 14.2 Å². The summed E-state index contributed by atoms with van der Waals surface area (Å²) in [5.41, 5.74) is 1.60. The number of rotatable bonds is 6. The first-order valence-corrected chi connectivity index (χ1v) is 12.1. The Balaban J connectivity index is 1.62. The predicted octanol–water partition coefficient (Wildman–Crippen LogP) is 3.41. The van der Waals surface area contributed by atoms with Crippen LogP contribution in [0.5, 0.6) is 0 Å². The molecular weight excluding hydrogens is 406 g/mol. The second kappa shape index (κ2) is 9.19. The number of carbonyl (C=O) groups excluding carboxylic acids is 1. The minimum Gasteiger partial charge on any atom is -0.335 e. The highest BCUT2D eigenvalue weighted by atomic mass is 32.2. The van der Waals surface area contributed by atoms with Crippen LogP contribution in [0.15, 0.2) is 35.7 Å². The Bertz CT molecular complexity index is 974. The molecular formula is C21H27N3O3S2. The molecule has 6 nitrogen and oxygen atoms in total. The number of thiazole rings is 1. The standard InChI is InChI=1S/C21H27N3O3S2/c1-16(2)15-19-22-17(3)20(28-19)21(25)23-10-12-24(13-11-23)29(26,27)14-9-18-7-5-4-6-8-18/h4-9,14,16H,10-13,15H2,1-3H3/b14-9+. The average Bonchev–Trinajstić information content (AvgIpc) is 3.06. The smallest absolute Gasteiger partial charge is 0.265 e. The summed E-state index contributed by atoms with van der Waals surface area (Å²) in [4.78, 5) is 19.8. The highest BCUT2D eigenvalue weighted by molar-refractivity contribution is 7.92. The van der Waals surface area contributed by atoms with Crippen molar-refractivity contribution in [2.24, 2.45) is 5.92 Å². The number of aromatic nitrogens is 1. The van der Waals surface area contributed by atoms with Gasteiger partial charge in [-0.3, -0.25) is 4.79 Å². The summed E-state index contributed by atoms with van der Waals surface area (Å²) >= 11 is 1.46. The fraction of sp³-hybridized carbons (Fsp3) is 0.429. The molecule has 0 saturated carbocycles. The van der Waals surface area contributed by atoms with E-state index in [4.69, 9.17) is 0 Å². The van der Waals surface area contributed by atoms with Crippen molar-refractivity contribution in [3.05, 3.63) is 56.9 Å². The molecule has 1 aromatic heterocycles. The molecule has 1 fully saturated rings. The molecule has 3 rings (SSSR count). The first-order chi connectivity index (χ1) is 13.8. The predicted molar refractivity (Wildman–Crippen MR) is 117 cm³/mol. The summed E-state index contributed by atoms with van der Waals surface area (Å²) in [7, 11) is -3.51. The third kappa shape index (κ3) is 5.52. The van der Waals surface area contributed by atoms with Gasteiger partial charge in [-0.25, -0.2) is 13.4 Å². The van der Waals surface area contributed by atoms with Gasteiger partial charge in [0, 0.05) is 38.0 Å². The van der Waals surface area contributed by atoms with Gasteiger partial charge in [0.05, 0.1) is 10.7 Å². The number of nitrogens with zero attached hydrogens (tertiary/aromatic N) is 3. The quantitative estimate of drug-likeness (QED) is 0.700. The average molecular weight is 434 g/mol. The van der Waals surface area contributed by atoms with E-state index in [1.807, 2.05) is 37.3 Å². The second-order valence-electron chi connectivity index (χ2n) is 7.57. The zero-order valence-corrected chi connectivity index (χ0v) is 18.7. The van der Waals surface area contributed by atoms with Crippen molar-refractivity contribution in [3.8, 4) is 0 Å². The van der Waals surface area contributed by atoms with E-state index >= 15 is 0 Å². The van der Waals surface area contributed by atoms with Crippen LogP contribution in [0.4, 0.5) is 0 Å². The molecule has 29 heavy (non-hydrogen) atoms. The molecule has 1 aromatic carbocycles. The molecule has 2 heterocycles. The molecule has 0 unspecified atom stereocenters. The van der Waals surface area contributed by atoms with Crippen molar-refractivity contribution in [2.45, 2.75) is 27.2 Å². The van der Waals surface area contributed by atoms with Gasteiger partial charge in [0.25, 0.3) is 5.91 Å². The van der Waals surface area contributed by atoms with E-state index in [1.54, 1.807) is 11.0 Å². The van der Waals surface area contributed by atoms with Gasteiger partial charge in [-0.15, -0.1) is 11.3 Å². The van der Waals surface area contributed by atoms with Crippen LogP contribution in [0.25, 0.3) is 6.08 Å². The molecule has 1 amide bonds. The Morgan fingerprint density at radius 3 is 2.45 bits per heavy atom. The van der Waals surface area contributed by atoms with Gasteiger partial charge in [0.1, 0.15) is 4.88 Å². The normalized spacial score (nSPS) is 16.1. The van der Waals surface area contributed by atoms with Gasteiger partial charge in [-0.2, -0.15) is 4.31 Å². The lowest BCUT2D eigenvalue weighted by atomic mass is 10.1. The molecule has 0 atom stereocenters. The maximum absolute atomic E-state index is 12.9. The zero-order valence-electron chi connectivity index (χ0n) is 17.0. The SMILES string of the molecule is Cc1nc(CC(C)C)sc1C(=O)N1CCN(S(=O)(=O)/C=C/c2ccccc2)CC1. The van der Waals surface area contributed by atoms with Crippen molar-refractivity contribution < 1.29 is 13.2 Å². The molecule has 156 valence electrons. The molecule has 0 N–H and O–H groups in total. The summed E-state index contributed by atoms with van der Waals surface area (Å²) < 4.78 is 26.6. The maximum atomic E-state index is 12.9. The van der Waals surface area contributed by atoms with Crippen LogP contribution in [-0.4, -0.2) is 54.7 Å². The van der Waals surface area contributed by atoms with E-state index in [2.05, 4.69) is 18.8 Å². The topological polar surface area (TPSA) is 70.6 Å². The van der Waals surface area contributed by atoms with Crippen LogP contribution < -0.4 is 0 Å². The molecule has 8 heteroatoms. The first-order valence-electron chi connectivity index (χ1n) is 9.75. The van der Waals surface area contributed by atoms with Gasteiger partial charge in [0.2, 0.25) is 10.0 Å². The first kappa shape index (κ1) is 21.7. The van der Waals surface area contributed by atoms with Gasteiger partial charge >= 0.3 is 0 Å².